The van der Waals surface area contributed by atoms with E-state index in [2.05, 4.69) is 5.32 Å². The highest BCUT2D eigenvalue weighted by Gasteiger charge is 2.30. The van der Waals surface area contributed by atoms with Crippen LogP contribution in [0.15, 0.2) is 0 Å². The Bertz CT molecular complexity index is 382. The summed E-state index contributed by atoms with van der Waals surface area (Å²) in [5.41, 5.74) is -0.980. The second kappa shape index (κ2) is 6.54. The number of nitrogens with zero attached hydrogens (tertiary/aromatic N) is 1. The number of carbonyl (C=O) groups is 2. The van der Waals surface area contributed by atoms with Crippen LogP contribution in [0, 0.1) is 5.92 Å². The number of nitrogens with one attached hydrogen (secondary N) is 1. The molecule has 1 N–H and O–H groups in total. The van der Waals surface area contributed by atoms with Crippen molar-refractivity contribution >= 4 is 12.2 Å². The molecule has 6 heteroatoms. The van der Waals surface area contributed by atoms with Crippen LogP contribution in [-0.4, -0.2) is 47.9 Å². The summed E-state index contributed by atoms with van der Waals surface area (Å²) >= 11 is 0. The number of ether oxygens (including phenoxy) is 2. The zero-order valence-electron chi connectivity index (χ0n) is 14.0. The molecule has 1 saturated heterocycles. The molecule has 0 spiro atoms. The predicted molar refractivity (Wildman–Crippen MR) is 80.2 cm³/mol. The van der Waals surface area contributed by atoms with Gasteiger partial charge in [0.15, 0.2) is 0 Å². The smallest absolute Gasteiger partial charge is 0.410 e. The number of likely N-dealkylation sites (tertiary alicyclic amines) is 1. The first-order valence-corrected chi connectivity index (χ1v) is 7.41. The quantitative estimate of drug-likeness (QED) is 0.851. The number of carbonyl (C=O) groups excluding carboxylic acids is 2. The zero-order valence-corrected chi connectivity index (χ0v) is 14.0. The fourth-order valence-corrected chi connectivity index (χ4v) is 2.03. The minimum absolute atomic E-state index is 0.241. The minimum Gasteiger partial charge on any atom is -0.444 e. The van der Waals surface area contributed by atoms with E-state index in [4.69, 9.17) is 9.47 Å². The van der Waals surface area contributed by atoms with E-state index in [1.54, 1.807) is 4.90 Å². The fraction of sp³-hybridized carbons (Fsp3) is 0.867. The highest BCUT2D eigenvalue weighted by atomic mass is 16.6. The second-order valence-electron chi connectivity index (χ2n) is 7.46. The predicted octanol–water partition coefficient (Wildman–Crippen LogP) is 2.77. The van der Waals surface area contributed by atoms with Crippen molar-refractivity contribution in [2.75, 3.05) is 19.6 Å². The largest absolute Gasteiger partial charge is 0.444 e. The van der Waals surface area contributed by atoms with Crippen molar-refractivity contribution in [2.24, 2.45) is 5.92 Å². The molecule has 21 heavy (non-hydrogen) atoms. The monoisotopic (exact) mass is 300 g/mol. The van der Waals surface area contributed by atoms with Crippen LogP contribution in [0.5, 0.6) is 0 Å². The Labute approximate surface area is 127 Å². The van der Waals surface area contributed by atoms with Crippen molar-refractivity contribution < 1.29 is 19.1 Å². The van der Waals surface area contributed by atoms with Gasteiger partial charge in [0.2, 0.25) is 0 Å². The zero-order chi connectivity index (χ0) is 16.3. The molecule has 6 nitrogen and oxygen atoms in total. The van der Waals surface area contributed by atoms with Crippen molar-refractivity contribution in [2.45, 2.75) is 59.2 Å². The molecule has 0 aromatic carbocycles. The molecule has 1 aliphatic heterocycles. The van der Waals surface area contributed by atoms with Crippen molar-refractivity contribution in [1.82, 2.24) is 10.2 Å². The number of amides is 2. The maximum atomic E-state index is 11.9. The highest BCUT2D eigenvalue weighted by Crippen LogP contribution is 2.19. The summed E-state index contributed by atoms with van der Waals surface area (Å²) in [7, 11) is 0. The van der Waals surface area contributed by atoms with Crippen LogP contribution in [0.3, 0.4) is 0 Å². The van der Waals surface area contributed by atoms with Gasteiger partial charge in [-0.3, -0.25) is 0 Å². The van der Waals surface area contributed by atoms with Gasteiger partial charge in [-0.1, -0.05) is 0 Å². The Morgan fingerprint density at radius 2 is 1.67 bits per heavy atom. The highest BCUT2D eigenvalue weighted by molar-refractivity contribution is 5.69. The van der Waals surface area contributed by atoms with E-state index in [9.17, 15) is 9.59 Å². The third-order valence-electron chi connectivity index (χ3n) is 2.87. The van der Waals surface area contributed by atoms with Gasteiger partial charge in [0, 0.05) is 19.6 Å². The molecule has 122 valence electrons. The molecule has 1 atom stereocenters. The normalized spacial score (nSPS) is 19.3. The molecule has 1 aliphatic rings. The number of rotatable bonds is 2. The first-order valence-electron chi connectivity index (χ1n) is 7.41. The van der Waals surface area contributed by atoms with Gasteiger partial charge in [0.1, 0.15) is 11.2 Å². The van der Waals surface area contributed by atoms with E-state index < -0.39 is 17.3 Å². The van der Waals surface area contributed by atoms with Crippen LogP contribution in [0.25, 0.3) is 0 Å². The SMILES string of the molecule is CC(C)(C)OC(=O)NCC1CCN(C(=O)OC(C)(C)C)C1. The molecule has 1 rings (SSSR count). The molecule has 0 aromatic heterocycles. The van der Waals surface area contributed by atoms with Gasteiger partial charge in [0.25, 0.3) is 0 Å². The molecule has 1 fully saturated rings. The first kappa shape index (κ1) is 17.6. The lowest BCUT2D eigenvalue weighted by molar-refractivity contribution is 0.0288. The molecule has 2 amide bonds. The number of hydrogen-bond acceptors (Lipinski definition) is 4. The summed E-state index contributed by atoms with van der Waals surface area (Å²) in [4.78, 5) is 25.2. The molecule has 0 saturated carbocycles. The van der Waals surface area contributed by atoms with Gasteiger partial charge < -0.3 is 19.7 Å². The lowest BCUT2D eigenvalue weighted by Crippen LogP contribution is -2.38. The Kier molecular flexibility index (Phi) is 5.48. The van der Waals surface area contributed by atoms with Gasteiger partial charge in [-0.2, -0.15) is 0 Å². The molecule has 0 aliphatic carbocycles. The van der Waals surface area contributed by atoms with Gasteiger partial charge in [-0.25, -0.2) is 9.59 Å². The standard InChI is InChI=1S/C15H28N2O4/c1-14(2,3)20-12(18)16-9-11-7-8-17(10-11)13(19)21-15(4,5)6/h11H,7-10H2,1-6H3,(H,16,18). The number of alkyl carbamates (subject to hydrolysis) is 1. The van der Waals surface area contributed by atoms with Crippen LogP contribution in [0.4, 0.5) is 9.59 Å². The summed E-state index contributed by atoms with van der Waals surface area (Å²) in [6, 6.07) is 0. The van der Waals surface area contributed by atoms with Gasteiger partial charge in [-0.05, 0) is 53.9 Å². The van der Waals surface area contributed by atoms with Crippen LogP contribution in [-0.2, 0) is 9.47 Å². The summed E-state index contributed by atoms with van der Waals surface area (Å²) in [5, 5.41) is 2.75. The minimum atomic E-state index is -0.498. The van der Waals surface area contributed by atoms with Gasteiger partial charge in [-0.15, -0.1) is 0 Å². The Morgan fingerprint density at radius 1 is 1.10 bits per heavy atom. The van der Waals surface area contributed by atoms with E-state index in [1.807, 2.05) is 41.5 Å². The topological polar surface area (TPSA) is 67.9 Å². The van der Waals surface area contributed by atoms with Crippen LogP contribution in [0.1, 0.15) is 48.0 Å². The average molecular weight is 300 g/mol. The third kappa shape index (κ3) is 7.20. The van der Waals surface area contributed by atoms with E-state index in [0.29, 0.717) is 19.6 Å². The van der Waals surface area contributed by atoms with Crippen LogP contribution in [0.2, 0.25) is 0 Å². The van der Waals surface area contributed by atoms with Crippen molar-refractivity contribution in [3.63, 3.8) is 0 Å². The summed E-state index contributed by atoms with van der Waals surface area (Å²) in [6.07, 6.45) is 0.148. The van der Waals surface area contributed by atoms with Crippen LogP contribution >= 0.6 is 0 Å². The van der Waals surface area contributed by atoms with E-state index >= 15 is 0 Å². The molecule has 0 radical (unpaired) electrons. The summed E-state index contributed by atoms with van der Waals surface area (Å²) in [6.45, 7) is 12.8. The van der Waals surface area contributed by atoms with E-state index in [-0.39, 0.29) is 12.0 Å². The lowest BCUT2D eigenvalue weighted by atomic mass is 10.1. The summed E-state index contributed by atoms with van der Waals surface area (Å²) in [5.74, 6) is 0.241. The average Bonchev–Trinajstić information content (AvgIpc) is 2.70. The van der Waals surface area contributed by atoms with E-state index in [0.717, 1.165) is 6.42 Å². The second-order valence-corrected chi connectivity index (χ2v) is 7.46. The van der Waals surface area contributed by atoms with Crippen molar-refractivity contribution in [1.29, 1.82) is 0 Å². The molecular formula is C15H28N2O4. The molecule has 1 heterocycles. The Morgan fingerprint density at radius 3 is 2.19 bits per heavy atom. The molecular weight excluding hydrogens is 272 g/mol. The Balaban J connectivity index is 2.32. The van der Waals surface area contributed by atoms with Crippen molar-refractivity contribution in [3.8, 4) is 0 Å². The van der Waals surface area contributed by atoms with Gasteiger partial charge in [0.05, 0.1) is 0 Å². The fourth-order valence-electron chi connectivity index (χ4n) is 2.03. The maximum absolute atomic E-state index is 11.9. The maximum Gasteiger partial charge on any atom is 0.410 e. The van der Waals surface area contributed by atoms with E-state index in [1.165, 1.54) is 0 Å². The molecule has 0 aromatic rings. The Hall–Kier alpha value is -1.46. The third-order valence-corrected chi connectivity index (χ3v) is 2.87. The van der Waals surface area contributed by atoms with Gasteiger partial charge >= 0.3 is 12.2 Å². The molecule has 1 unspecified atom stereocenters. The summed E-state index contributed by atoms with van der Waals surface area (Å²) < 4.78 is 10.5. The lowest BCUT2D eigenvalue weighted by Gasteiger charge is -2.24. The number of hydrogen-bond donors (Lipinski definition) is 1. The van der Waals surface area contributed by atoms with Crippen molar-refractivity contribution in [3.05, 3.63) is 0 Å². The first-order chi connectivity index (χ1) is 9.46. The van der Waals surface area contributed by atoms with Crippen LogP contribution < -0.4 is 5.32 Å². The molecule has 0 bridgehead atoms.